The number of carbonyl (C=O) groups excluding carboxylic acids is 3. The number of thiophene rings is 1. The van der Waals surface area contributed by atoms with E-state index in [9.17, 15) is 14.4 Å². The molecule has 0 unspecified atom stereocenters. The highest BCUT2D eigenvalue weighted by Gasteiger charge is 2.15. The maximum Gasteiger partial charge on any atom is 0.344 e. The molecule has 0 aliphatic heterocycles. The second-order valence-electron chi connectivity index (χ2n) is 5.83. The average molecular weight is 426 g/mol. The van der Waals surface area contributed by atoms with Gasteiger partial charge in [0.1, 0.15) is 0 Å². The molecule has 28 heavy (non-hydrogen) atoms. The number of hydrogen-bond donors (Lipinski definition) is 0. The Morgan fingerprint density at radius 2 is 1.86 bits per heavy atom. The van der Waals surface area contributed by atoms with E-state index in [1.807, 2.05) is 6.07 Å². The smallest absolute Gasteiger partial charge is 0.344 e. The van der Waals surface area contributed by atoms with Crippen LogP contribution in [-0.4, -0.2) is 49.9 Å². The minimum atomic E-state index is -0.696. The lowest BCUT2D eigenvalue weighted by atomic mass is 10.1. The number of ether oxygens (including phenoxy) is 3. The normalized spacial score (nSPS) is 10.3. The Labute approximate surface area is 171 Å². The van der Waals surface area contributed by atoms with E-state index in [4.69, 9.17) is 25.8 Å². The minimum Gasteiger partial charge on any atom is -0.493 e. The Hall–Kier alpha value is -2.58. The zero-order chi connectivity index (χ0) is 20.7. The lowest BCUT2D eigenvalue weighted by molar-refractivity contribution is -0.153. The molecule has 0 radical (unpaired) electrons. The topological polar surface area (TPSA) is 82.1 Å². The number of Topliss-reactive ketones (excluding diaryl/α,β-unsaturated/α-hetero) is 1. The highest BCUT2D eigenvalue weighted by atomic mass is 35.5. The highest BCUT2D eigenvalue weighted by Crippen LogP contribution is 2.28. The van der Waals surface area contributed by atoms with Gasteiger partial charge in [0.25, 0.3) is 5.91 Å². The van der Waals surface area contributed by atoms with Crippen LogP contribution < -0.4 is 9.47 Å². The summed E-state index contributed by atoms with van der Waals surface area (Å²) in [7, 11) is 3.04. The molecule has 0 aliphatic rings. The zero-order valence-corrected chi connectivity index (χ0v) is 17.3. The van der Waals surface area contributed by atoms with E-state index in [0.717, 1.165) is 4.88 Å². The van der Waals surface area contributed by atoms with E-state index < -0.39 is 19.2 Å². The molecule has 1 heterocycles. The molecular weight excluding hydrogens is 406 g/mol. The number of nitrogens with zero attached hydrogens (tertiary/aromatic N) is 1. The largest absolute Gasteiger partial charge is 0.493 e. The Bertz CT molecular complexity index is 866. The van der Waals surface area contributed by atoms with Gasteiger partial charge in [0.2, 0.25) is 0 Å². The molecule has 0 atom stereocenters. The van der Waals surface area contributed by atoms with Crippen molar-refractivity contribution in [3.63, 3.8) is 0 Å². The van der Waals surface area contributed by atoms with Gasteiger partial charge in [0, 0.05) is 17.5 Å². The third-order valence-electron chi connectivity index (χ3n) is 3.72. The lowest BCUT2D eigenvalue weighted by Crippen LogP contribution is -2.31. The molecule has 1 aromatic carbocycles. The van der Waals surface area contributed by atoms with Crippen LogP contribution in [0.3, 0.4) is 0 Å². The Kier molecular flexibility index (Phi) is 7.83. The van der Waals surface area contributed by atoms with E-state index >= 15 is 0 Å². The zero-order valence-electron chi connectivity index (χ0n) is 15.7. The number of rotatable bonds is 9. The first-order chi connectivity index (χ1) is 13.3. The quantitative estimate of drug-likeness (QED) is 0.453. The molecule has 0 fully saturated rings. The number of likely N-dealkylation sites (N-methyl/N-ethyl adjacent to an activating group) is 1. The highest BCUT2D eigenvalue weighted by molar-refractivity contribution is 7.16. The van der Waals surface area contributed by atoms with Gasteiger partial charge < -0.3 is 19.1 Å². The van der Waals surface area contributed by atoms with E-state index in [1.54, 1.807) is 19.2 Å². The molecule has 1 amide bonds. The predicted molar refractivity (Wildman–Crippen MR) is 105 cm³/mol. The lowest BCUT2D eigenvalue weighted by Gasteiger charge is -2.16. The second-order valence-corrected chi connectivity index (χ2v) is 7.63. The number of hydrogen-bond acceptors (Lipinski definition) is 7. The average Bonchev–Trinajstić information content (AvgIpc) is 3.08. The van der Waals surface area contributed by atoms with Gasteiger partial charge in [-0.15, -0.1) is 11.3 Å². The van der Waals surface area contributed by atoms with Crippen LogP contribution in [0.1, 0.15) is 22.2 Å². The summed E-state index contributed by atoms with van der Waals surface area (Å²) in [6, 6.07) is 8.23. The van der Waals surface area contributed by atoms with Crippen LogP contribution in [0.4, 0.5) is 0 Å². The van der Waals surface area contributed by atoms with Crippen molar-refractivity contribution in [2.75, 3.05) is 27.4 Å². The molecule has 0 saturated heterocycles. The van der Waals surface area contributed by atoms with Crippen molar-refractivity contribution in [3.8, 4) is 11.5 Å². The molecule has 9 heteroatoms. The molecule has 150 valence electrons. The summed E-state index contributed by atoms with van der Waals surface area (Å²) in [6.45, 7) is 1.03. The number of amides is 1. The molecule has 1 aromatic heterocycles. The van der Waals surface area contributed by atoms with Crippen LogP contribution in [0, 0.1) is 0 Å². The first-order valence-electron chi connectivity index (χ1n) is 8.25. The molecule has 2 aromatic rings. The van der Waals surface area contributed by atoms with Gasteiger partial charge in [-0.2, -0.15) is 0 Å². The Morgan fingerprint density at radius 1 is 1.11 bits per heavy atom. The van der Waals surface area contributed by atoms with Crippen LogP contribution in [0.25, 0.3) is 0 Å². The number of benzene rings is 1. The molecule has 0 N–H and O–H groups in total. The van der Waals surface area contributed by atoms with E-state index in [2.05, 4.69) is 0 Å². The van der Waals surface area contributed by atoms with Crippen molar-refractivity contribution in [3.05, 3.63) is 45.1 Å². The minimum absolute atomic E-state index is 0.114. The fraction of sp³-hybridized carbons (Fsp3) is 0.316. The molecule has 0 aliphatic carbocycles. The van der Waals surface area contributed by atoms with Gasteiger partial charge in [-0.3, -0.25) is 9.59 Å². The summed E-state index contributed by atoms with van der Waals surface area (Å²) in [5.41, 5.74) is 0.465. The van der Waals surface area contributed by atoms with Crippen LogP contribution in [-0.2, 0) is 20.9 Å². The van der Waals surface area contributed by atoms with Crippen molar-refractivity contribution < 1.29 is 28.6 Å². The van der Waals surface area contributed by atoms with Crippen molar-refractivity contribution in [2.45, 2.75) is 13.5 Å². The third kappa shape index (κ3) is 6.24. The summed E-state index contributed by atoms with van der Waals surface area (Å²) in [4.78, 5) is 37.7. The van der Waals surface area contributed by atoms with Crippen LogP contribution >= 0.6 is 22.9 Å². The summed E-state index contributed by atoms with van der Waals surface area (Å²) >= 11 is 7.24. The van der Waals surface area contributed by atoms with E-state index in [-0.39, 0.29) is 11.7 Å². The first-order valence-corrected chi connectivity index (χ1v) is 9.45. The summed E-state index contributed by atoms with van der Waals surface area (Å²) in [6.07, 6.45) is 0. The maximum absolute atomic E-state index is 12.1. The number of esters is 1. The maximum atomic E-state index is 12.1. The summed E-state index contributed by atoms with van der Waals surface area (Å²) < 4.78 is 16.1. The number of halogens is 1. The Balaban J connectivity index is 1.80. The molecular formula is C19H20ClNO6S. The molecule has 2 rings (SSSR count). The molecule has 0 saturated carbocycles. The second kappa shape index (κ2) is 10.1. The molecule has 0 bridgehead atoms. The predicted octanol–water partition coefficient (Wildman–Crippen LogP) is 3.19. The van der Waals surface area contributed by atoms with Crippen molar-refractivity contribution in [1.82, 2.24) is 4.90 Å². The van der Waals surface area contributed by atoms with Gasteiger partial charge in [-0.1, -0.05) is 11.6 Å². The SMILES string of the molecule is COc1cc(C(C)=O)ccc1OCC(=O)OCC(=O)N(C)Cc1ccc(Cl)s1. The van der Waals surface area contributed by atoms with Crippen LogP contribution in [0.5, 0.6) is 11.5 Å². The van der Waals surface area contributed by atoms with Crippen molar-refractivity contribution >= 4 is 40.6 Å². The Morgan fingerprint density at radius 3 is 2.46 bits per heavy atom. The molecule has 7 nitrogen and oxygen atoms in total. The van der Waals surface area contributed by atoms with Gasteiger partial charge >= 0.3 is 5.97 Å². The molecule has 0 spiro atoms. The van der Waals surface area contributed by atoms with E-state index in [0.29, 0.717) is 27.9 Å². The van der Waals surface area contributed by atoms with Gasteiger partial charge in [-0.05, 0) is 37.3 Å². The van der Waals surface area contributed by atoms with Crippen molar-refractivity contribution in [2.24, 2.45) is 0 Å². The number of carbonyl (C=O) groups is 3. The fourth-order valence-corrected chi connectivity index (χ4v) is 3.34. The van der Waals surface area contributed by atoms with Gasteiger partial charge in [0.15, 0.2) is 30.5 Å². The summed E-state index contributed by atoms with van der Waals surface area (Å²) in [5.74, 6) is -0.537. The van der Waals surface area contributed by atoms with Crippen LogP contribution in [0.2, 0.25) is 4.34 Å². The third-order valence-corrected chi connectivity index (χ3v) is 4.94. The van der Waals surface area contributed by atoms with E-state index in [1.165, 1.54) is 42.4 Å². The summed E-state index contributed by atoms with van der Waals surface area (Å²) in [5, 5.41) is 0. The standard InChI is InChI=1S/C19H20ClNO6S/c1-12(22)13-4-6-15(16(8-13)25-3)26-11-19(24)27-10-18(23)21(2)9-14-5-7-17(20)28-14/h4-8H,9-11H2,1-3H3. The monoisotopic (exact) mass is 425 g/mol. The van der Waals surface area contributed by atoms with Gasteiger partial charge in [-0.25, -0.2) is 4.79 Å². The van der Waals surface area contributed by atoms with Gasteiger partial charge in [0.05, 0.1) is 18.0 Å². The van der Waals surface area contributed by atoms with Crippen molar-refractivity contribution in [1.29, 1.82) is 0 Å². The number of ketones is 1. The van der Waals surface area contributed by atoms with Crippen LogP contribution in [0.15, 0.2) is 30.3 Å². The number of methoxy groups -OCH3 is 1. The first kappa shape index (κ1) is 21.7. The fourth-order valence-electron chi connectivity index (χ4n) is 2.20.